The minimum absolute atomic E-state index is 0.194. The molecule has 0 spiro atoms. The minimum atomic E-state index is -0.512. The summed E-state index contributed by atoms with van der Waals surface area (Å²) in [4.78, 5) is 23.1. The molecule has 6 nitrogen and oxygen atoms in total. The summed E-state index contributed by atoms with van der Waals surface area (Å²) in [6, 6.07) is 0. The van der Waals surface area contributed by atoms with Crippen molar-refractivity contribution in [3.8, 4) is 0 Å². The number of hydrogen-bond acceptors (Lipinski definition) is 5. The van der Waals surface area contributed by atoms with Crippen LogP contribution in [0.4, 0.5) is 5.69 Å². The highest BCUT2D eigenvalue weighted by atomic mass is 79.9. The van der Waals surface area contributed by atoms with E-state index < -0.39 is 5.97 Å². The maximum absolute atomic E-state index is 11.9. The van der Waals surface area contributed by atoms with Crippen molar-refractivity contribution in [2.45, 2.75) is 26.8 Å². The molecule has 1 aromatic rings. The van der Waals surface area contributed by atoms with Gasteiger partial charge in [-0.15, -0.1) is 0 Å². The number of ether oxygens (including phenoxy) is 1. The molecule has 106 valence electrons. The summed E-state index contributed by atoms with van der Waals surface area (Å²) in [6.07, 6.45) is 2.52. The lowest BCUT2D eigenvalue weighted by Gasteiger charge is -2.11. The Balaban J connectivity index is 2.80. The van der Waals surface area contributed by atoms with Crippen LogP contribution < -0.4 is 10.9 Å². The van der Waals surface area contributed by atoms with E-state index in [0.29, 0.717) is 16.1 Å². The van der Waals surface area contributed by atoms with Crippen LogP contribution in [0.15, 0.2) is 15.5 Å². The molecule has 0 radical (unpaired) electrons. The fourth-order valence-electron chi connectivity index (χ4n) is 1.38. The first-order chi connectivity index (χ1) is 8.95. The lowest BCUT2D eigenvalue weighted by atomic mass is 10.1. The van der Waals surface area contributed by atoms with E-state index in [1.807, 2.05) is 0 Å². The molecule has 0 unspecified atom stereocenters. The summed E-state index contributed by atoms with van der Waals surface area (Å²) in [6.45, 7) is 4.82. The first kappa shape index (κ1) is 15.7. The van der Waals surface area contributed by atoms with Crippen molar-refractivity contribution in [2.24, 2.45) is 5.92 Å². The lowest BCUT2D eigenvalue weighted by Crippen LogP contribution is -2.28. The van der Waals surface area contributed by atoms with Gasteiger partial charge in [0.05, 0.1) is 19.0 Å². The van der Waals surface area contributed by atoms with E-state index in [1.165, 1.54) is 13.3 Å². The summed E-state index contributed by atoms with van der Waals surface area (Å²) in [5.41, 5.74) is 0.270. The van der Waals surface area contributed by atoms with Gasteiger partial charge in [-0.1, -0.05) is 13.8 Å². The second-order valence-corrected chi connectivity index (χ2v) is 5.31. The molecule has 0 saturated carbocycles. The average molecular weight is 332 g/mol. The van der Waals surface area contributed by atoms with Crippen LogP contribution in [0.2, 0.25) is 0 Å². The summed E-state index contributed by atoms with van der Waals surface area (Å²) in [5, 5.41) is 7.08. The van der Waals surface area contributed by atoms with Crippen LogP contribution in [0.5, 0.6) is 0 Å². The Morgan fingerprint density at radius 1 is 1.58 bits per heavy atom. The molecule has 1 aromatic heterocycles. The summed E-state index contributed by atoms with van der Waals surface area (Å²) in [7, 11) is 1.27. The van der Waals surface area contributed by atoms with Crippen LogP contribution in [0.25, 0.3) is 0 Å². The van der Waals surface area contributed by atoms with E-state index in [-0.39, 0.29) is 12.1 Å². The summed E-state index contributed by atoms with van der Waals surface area (Å²) < 4.78 is 5.93. The van der Waals surface area contributed by atoms with E-state index in [0.717, 1.165) is 17.6 Å². The zero-order valence-corrected chi connectivity index (χ0v) is 12.9. The third kappa shape index (κ3) is 4.66. The van der Waals surface area contributed by atoms with Gasteiger partial charge in [0.15, 0.2) is 0 Å². The van der Waals surface area contributed by atoms with Crippen molar-refractivity contribution in [3.05, 3.63) is 21.0 Å². The Hall–Kier alpha value is -1.37. The highest BCUT2D eigenvalue weighted by Crippen LogP contribution is 2.16. The standard InChI is InChI=1S/C12H18BrN3O3/c1-8(2)4-5-14-9-6-15-16(7-10(17)19-3)12(18)11(9)13/h6,8,14H,4-5,7H2,1-3H3. The van der Waals surface area contributed by atoms with Gasteiger partial charge in [-0.05, 0) is 28.3 Å². The number of hydrogen-bond donors (Lipinski definition) is 1. The molecule has 7 heteroatoms. The Morgan fingerprint density at radius 2 is 2.26 bits per heavy atom. The smallest absolute Gasteiger partial charge is 0.327 e. The number of rotatable bonds is 6. The number of carbonyl (C=O) groups excluding carboxylic acids is 1. The maximum Gasteiger partial charge on any atom is 0.327 e. The predicted octanol–water partition coefficient (Wildman–Crippen LogP) is 1.64. The number of carbonyl (C=O) groups is 1. The first-order valence-corrected chi connectivity index (χ1v) is 6.81. The van der Waals surface area contributed by atoms with Gasteiger partial charge in [-0.25, -0.2) is 4.68 Å². The van der Waals surface area contributed by atoms with Crippen molar-refractivity contribution in [3.63, 3.8) is 0 Å². The molecular formula is C12H18BrN3O3. The van der Waals surface area contributed by atoms with Gasteiger partial charge < -0.3 is 10.1 Å². The molecule has 0 bridgehead atoms. The van der Waals surface area contributed by atoms with E-state index in [9.17, 15) is 9.59 Å². The molecule has 0 aromatic carbocycles. The van der Waals surface area contributed by atoms with Gasteiger partial charge in [0.25, 0.3) is 5.56 Å². The van der Waals surface area contributed by atoms with Crippen LogP contribution in [0.1, 0.15) is 20.3 Å². The van der Waals surface area contributed by atoms with Gasteiger partial charge in [0.1, 0.15) is 11.0 Å². The summed E-state index contributed by atoms with van der Waals surface area (Å²) in [5.74, 6) is 0.0703. The van der Waals surface area contributed by atoms with Gasteiger partial charge in [0, 0.05) is 6.54 Å². The van der Waals surface area contributed by atoms with E-state index in [4.69, 9.17) is 0 Å². The van der Waals surface area contributed by atoms with Crippen molar-refractivity contribution < 1.29 is 9.53 Å². The third-order valence-electron chi connectivity index (χ3n) is 2.53. The number of esters is 1. The van der Waals surface area contributed by atoms with Crippen LogP contribution in [0.3, 0.4) is 0 Å². The topological polar surface area (TPSA) is 73.2 Å². The number of nitrogens with zero attached hydrogens (tertiary/aromatic N) is 2. The van der Waals surface area contributed by atoms with Gasteiger partial charge in [-0.3, -0.25) is 9.59 Å². The number of nitrogens with one attached hydrogen (secondary N) is 1. The molecule has 0 aliphatic heterocycles. The molecule has 0 saturated heterocycles. The molecule has 0 amide bonds. The van der Waals surface area contributed by atoms with Crippen molar-refractivity contribution in [2.75, 3.05) is 19.0 Å². The van der Waals surface area contributed by atoms with Crippen LogP contribution >= 0.6 is 15.9 Å². The Morgan fingerprint density at radius 3 is 2.84 bits per heavy atom. The number of anilines is 1. The predicted molar refractivity (Wildman–Crippen MR) is 76.2 cm³/mol. The fourth-order valence-corrected chi connectivity index (χ4v) is 1.83. The van der Waals surface area contributed by atoms with Crippen LogP contribution in [-0.2, 0) is 16.1 Å². The van der Waals surface area contributed by atoms with Crippen molar-refractivity contribution >= 4 is 27.6 Å². The normalized spacial score (nSPS) is 10.6. The van der Waals surface area contributed by atoms with Crippen LogP contribution in [-0.4, -0.2) is 29.4 Å². The molecule has 0 aliphatic carbocycles. The average Bonchev–Trinajstić information content (AvgIpc) is 2.37. The molecule has 1 rings (SSSR count). The Bertz CT molecular complexity index is 499. The first-order valence-electron chi connectivity index (χ1n) is 6.02. The molecule has 1 heterocycles. The number of halogens is 1. The zero-order valence-electron chi connectivity index (χ0n) is 11.3. The monoisotopic (exact) mass is 331 g/mol. The van der Waals surface area contributed by atoms with Crippen molar-refractivity contribution in [1.29, 1.82) is 0 Å². The zero-order chi connectivity index (χ0) is 14.4. The quantitative estimate of drug-likeness (QED) is 0.802. The molecule has 0 aliphatic rings. The molecule has 0 fully saturated rings. The second-order valence-electron chi connectivity index (χ2n) is 4.52. The Labute approximate surface area is 120 Å². The fraction of sp³-hybridized carbons (Fsp3) is 0.583. The molecule has 0 atom stereocenters. The second kappa shape index (κ2) is 7.28. The van der Waals surface area contributed by atoms with E-state index in [2.05, 4.69) is 44.9 Å². The summed E-state index contributed by atoms with van der Waals surface area (Å²) >= 11 is 3.22. The lowest BCUT2D eigenvalue weighted by molar-refractivity contribution is -0.141. The highest BCUT2D eigenvalue weighted by molar-refractivity contribution is 9.10. The SMILES string of the molecule is COC(=O)Cn1ncc(NCCC(C)C)c(Br)c1=O. The largest absolute Gasteiger partial charge is 0.468 e. The third-order valence-corrected chi connectivity index (χ3v) is 3.29. The molecular weight excluding hydrogens is 314 g/mol. The van der Waals surface area contributed by atoms with Gasteiger partial charge >= 0.3 is 5.97 Å². The Kier molecular flexibility index (Phi) is 6.01. The number of methoxy groups -OCH3 is 1. The molecule has 19 heavy (non-hydrogen) atoms. The maximum atomic E-state index is 11.9. The van der Waals surface area contributed by atoms with Crippen molar-refractivity contribution in [1.82, 2.24) is 9.78 Å². The van der Waals surface area contributed by atoms with E-state index >= 15 is 0 Å². The van der Waals surface area contributed by atoms with Crippen LogP contribution in [0, 0.1) is 5.92 Å². The molecule has 1 N–H and O–H groups in total. The number of aromatic nitrogens is 2. The van der Waals surface area contributed by atoms with Gasteiger partial charge in [-0.2, -0.15) is 5.10 Å². The highest BCUT2D eigenvalue weighted by Gasteiger charge is 2.11. The van der Waals surface area contributed by atoms with Gasteiger partial charge in [0.2, 0.25) is 0 Å². The minimum Gasteiger partial charge on any atom is -0.468 e. The van der Waals surface area contributed by atoms with E-state index in [1.54, 1.807) is 0 Å².